The first kappa shape index (κ1) is 26.5. The van der Waals surface area contributed by atoms with Gasteiger partial charge < -0.3 is 24.3 Å². The highest BCUT2D eigenvalue weighted by atomic mass is 79.9. The van der Waals surface area contributed by atoms with E-state index >= 15 is 0 Å². The molecule has 0 bridgehead atoms. The van der Waals surface area contributed by atoms with Crippen molar-refractivity contribution in [1.29, 1.82) is 0 Å². The average molecular weight is 569 g/mol. The Hall–Kier alpha value is -2.12. The maximum Gasteiger partial charge on any atom is 0.162 e. The zero-order valence-corrected chi connectivity index (χ0v) is 22.5. The first-order valence-electron chi connectivity index (χ1n) is 10.9. The molecule has 0 aliphatic rings. The maximum atomic E-state index is 6.11. The van der Waals surface area contributed by atoms with Crippen LogP contribution in [-0.4, -0.2) is 27.4 Å². The lowest BCUT2D eigenvalue weighted by Crippen LogP contribution is -2.17. The van der Waals surface area contributed by atoms with E-state index in [1.54, 1.807) is 26.4 Å². The van der Waals surface area contributed by atoms with Gasteiger partial charge in [0.2, 0.25) is 0 Å². The molecule has 0 radical (unpaired) electrons. The van der Waals surface area contributed by atoms with E-state index in [0.717, 1.165) is 40.1 Å². The minimum Gasteiger partial charge on any atom is -0.493 e. The third kappa shape index (κ3) is 7.19. The van der Waals surface area contributed by atoms with Gasteiger partial charge in [-0.3, -0.25) is 0 Å². The molecule has 0 saturated heterocycles. The standard InChI is InChI=1S/C26H28BrCl2NO4/c1-4-33-25-13-19(15-30-10-9-17-6-8-23(31-2)24(12-17)32-3)20(27)14-26(25)34-16-18-5-7-21(28)22(29)11-18/h5-8,11-14,30H,4,9-10,15-16H2,1-3H3. The summed E-state index contributed by atoms with van der Waals surface area (Å²) in [5, 5.41) is 4.51. The van der Waals surface area contributed by atoms with Crippen molar-refractivity contribution in [3.05, 3.63) is 79.7 Å². The highest BCUT2D eigenvalue weighted by Gasteiger charge is 2.12. The van der Waals surface area contributed by atoms with E-state index in [4.69, 9.17) is 42.1 Å². The highest BCUT2D eigenvalue weighted by Crippen LogP contribution is 2.35. The second-order valence-electron chi connectivity index (χ2n) is 7.48. The minimum absolute atomic E-state index is 0.353. The fraction of sp³-hybridized carbons (Fsp3) is 0.308. The molecule has 1 N–H and O–H groups in total. The molecule has 5 nitrogen and oxygen atoms in total. The number of halogens is 3. The molecule has 0 aromatic heterocycles. The van der Waals surface area contributed by atoms with Crippen molar-refractivity contribution in [1.82, 2.24) is 5.32 Å². The molecular weight excluding hydrogens is 541 g/mol. The number of methoxy groups -OCH3 is 2. The quantitative estimate of drug-likeness (QED) is 0.236. The van der Waals surface area contributed by atoms with Crippen molar-refractivity contribution >= 4 is 39.1 Å². The molecule has 0 saturated carbocycles. The Kier molecular flexibility index (Phi) is 10.2. The second kappa shape index (κ2) is 13.1. The summed E-state index contributed by atoms with van der Waals surface area (Å²) in [6, 6.07) is 15.4. The molecular formula is C26H28BrCl2NO4. The maximum absolute atomic E-state index is 6.11. The Morgan fingerprint density at radius 1 is 0.794 bits per heavy atom. The van der Waals surface area contributed by atoms with Crippen molar-refractivity contribution in [2.24, 2.45) is 0 Å². The van der Waals surface area contributed by atoms with Gasteiger partial charge in [-0.05, 0) is 73.0 Å². The van der Waals surface area contributed by atoms with Crippen molar-refractivity contribution in [3.63, 3.8) is 0 Å². The molecule has 3 rings (SSSR count). The van der Waals surface area contributed by atoms with Gasteiger partial charge in [-0.25, -0.2) is 0 Å². The van der Waals surface area contributed by atoms with Crippen molar-refractivity contribution < 1.29 is 18.9 Å². The van der Waals surface area contributed by atoms with Crippen LogP contribution in [0.1, 0.15) is 23.6 Å². The normalized spacial score (nSPS) is 10.8. The van der Waals surface area contributed by atoms with Gasteiger partial charge in [0, 0.05) is 11.0 Å². The van der Waals surface area contributed by atoms with Crippen LogP contribution in [0.3, 0.4) is 0 Å². The molecule has 0 fully saturated rings. The number of nitrogens with one attached hydrogen (secondary N) is 1. The molecule has 8 heteroatoms. The van der Waals surface area contributed by atoms with E-state index < -0.39 is 0 Å². The largest absolute Gasteiger partial charge is 0.493 e. The first-order chi connectivity index (χ1) is 16.4. The van der Waals surface area contributed by atoms with Crippen LogP contribution < -0.4 is 24.3 Å². The van der Waals surface area contributed by atoms with E-state index in [9.17, 15) is 0 Å². The Bertz CT molecular complexity index is 1110. The molecule has 3 aromatic rings. The van der Waals surface area contributed by atoms with E-state index in [1.807, 2.05) is 43.3 Å². The number of hydrogen-bond donors (Lipinski definition) is 1. The van der Waals surface area contributed by atoms with Crippen LogP contribution >= 0.6 is 39.1 Å². The summed E-state index contributed by atoms with van der Waals surface area (Å²) in [6.07, 6.45) is 0.862. The lowest BCUT2D eigenvalue weighted by molar-refractivity contribution is 0.269. The van der Waals surface area contributed by atoms with Crippen LogP contribution in [0.2, 0.25) is 10.0 Å². The van der Waals surface area contributed by atoms with Gasteiger partial charge in [-0.1, -0.05) is 51.3 Å². The number of hydrogen-bond acceptors (Lipinski definition) is 5. The molecule has 0 heterocycles. The third-order valence-electron chi connectivity index (χ3n) is 5.14. The van der Waals surface area contributed by atoms with Crippen LogP contribution in [0.15, 0.2) is 53.0 Å². The molecule has 182 valence electrons. The first-order valence-corrected chi connectivity index (χ1v) is 12.4. The smallest absolute Gasteiger partial charge is 0.162 e. The van der Waals surface area contributed by atoms with Gasteiger partial charge in [0.05, 0.1) is 30.9 Å². The SMILES string of the molecule is CCOc1cc(CNCCc2ccc(OC)c(OC)c2)c(Br)cc1OCc1ccc(Cl)c(Cl)c1. The predicted octanol–water partition coefficient (Wildman–Crippen LogP) is 7.08. The monoisotopic (exact) mass is 567 g/mol. The minimum atomic E-state index is 0.353. The summed E-state index contributed by atoms with van der Waals surface area (Å²) in [6.45, 7) is 4.33. The van der Waals surface area contributed by atoms with Crippen LogP contribution in [0, 0.1) is 0 Å². The molecule has 34 heavy (non-hydrogen) atoms. The predicted molar refractivity (Wildman–Crippen MR) is 141 cm³/mol. The Balaban J connectivity index is 1.61. The molecule has 0 aliphatic heterocycles. The Morgan fingerprint density at radius 2 is 1.53 bits per heavy atom. The van der Waals surface area contributed by atoms with Crippen LogP contribution in [0.4, 0.5) is 0 Å². The van der Waals surface area contributed by atoms with Gasteiger partial charge in [-0.2, -0.15) is 0 Å². The van der Waals surface area contributed by atoms with Crippen LogP contribution in [0.25, 0.3) is 0 Å². The summed E-state index contributed by atoms with van der Waals surface area (Å²) < 4.78 is 23.5. The fourth-order valence-electron chi connectivity index (χ4n) is 3.38. The number of ether oxygens (including phenoxy) is 4. The van der Waals surface area contributed by atoms with Gasteiger partial charge in [0.1, 0.15) is 6.61 Å². The van der Waals surface area contributed by atoms with E-state index in [-0.39, 0.29) is 0 Å². The van der Waals surface area contributed by atoms with Crippen LogP contribution in [-0.2, 0) is 19.6 Å². The lowest BCUT2D eigenvalue weighted by Gasteiger charge is -2.16. The van der Waals surface area contributed by atoms with Crippen LogP contribution in [0.5, 0.6) is 23.0 Å². The Labute approximate surface area is 219 Å². The molecule has 3 aromatic carbocycles. The summed E-state index contributed by atoms with van der Waals surface area (Å²) in [5.41, 5.74) is 3.18. The second-order valence-corrected chi connectivity index (χ2v) is 9.15. The topological polar surface area (TPSA) is 49.0 Å². The zero-order valence-electron chi connectivity index (χ0n) is 19.4. The summed E-state index contributed by atoms with van der Waals surface area (Å²) in [7, 11) is 3.28. The summed E-state index contributed by atoms with van der Waals surface area (Å²) in [4.78, 5) is 0. The van der Waals surface area contributed by atoms with Gasteiger partial charge in [0.25, 0.3) is 0 Å². The molecule has 0 spiro atoms. The third-order valence-corrected chi connectivity index (χ3v) is 6.62. The molecule has 0 atom stereocenters. The lowest BCUT2D eigenvalue weighted by atomic mass is 10.1. The molecule has 0 aliphatic carbocycles. The average Bonchev–Trinajstić information content (AvgIpc) is 2.84. The highest BCUT2D eigenvalue weighted by molar-refractivity contribution is 9.10. The van der Waals surface area contributed by atoms with Crippen molar-refractivity contribution in [3.8, 4) is 23.0 Å². The van der Waals surface area contributed by atoms with Gasteiger partial charge in [-0.15, -0.1) is 0 Å². The van der Waals surface area contributed by atoms with E-state index in [0.29, 0.717) is 41.3 Å². The summed E-state index contributed by atoms with van der Waals surface area (Å²) >= 11 is 15.8. The summed E-state index contributed by atoms with van der Waals surface area (Å²) in [5.74, 6) is 2.82. The van der Waals surface area contributed by atoms with Crippen molar-refractivity contribution in [2.75, 3.05) is 27.4 Å². The van der Waals surface area contributed by atoms with E-state index in [2.05, 4.69) is 21.2 Å². The van der Waals surface area contributed by atoms with Gasteiger partial charge >= 0.3 is 0 Å². The zero-order chi connectivity index (χ0) is 24.5. The van der Waals surface area contributed by atoms with Crippen molar-refractivity contribution in [2.45, 2.75) is 26.5 Å². The Morgan fingerprint density at radius 3 is 2.24 bits per heavy atom. The molecule has 0 unspecified atom stereocenters. The number of rotatable bonds is 12. The molecule has 0 amide bonds. The van der Waals surface area contributed by atoms with E-state index in [1.165, 1.54) is 5.56 Å². The fourth-order valence-corrected chi connectivity index (χ4v) is 4.16. The number of benzene rings is 3. The van der Waals surface area contributed by atoms with Gasteiger partial charge in [0.15, 0.2) is 23.0 Å².